The lowest BCUT2D eigenvalue weighted by Gasteiger charge is -2.19. The zero-order chi connectivity index (χ0) is 10.5. The molecule has 16 heavy (non-hydrogen) atoms. The van der Waals surface area contributed by atoms with Crippen molar-refractivity contribution in [3.05, 3.63) is 16.1 Å². The van der Waals surface area contributed by atoms with Crippen molar-refractivity contribution in [2.45, 2.75) is 44.4 Å². The lowest BCUT2D eigenvalue weighted by atomic mass is 9.87. The van der Waals surface area contributed by atoms with E-state index in [2.05, 4.69) is 10.7 Å². The predicted molar refractivity (Wildman–Crippen MR) is 72.8 cm³/mol. The van der Waals surface area contributed by atoms with E-state index in [1.54, 1.807) is 0 Å². The van der Waals surface area contributed by atoms with Crippen molar-refractivity contribution in [2.24, 2.45) is 0 Å². The fourth-order valence-corrected chi connectivity index (χ4v) is 3.14. The van der Waals surface area contributed by atoms with Crippen LogP contribution in [0.1, 0.15) is 48.7 Å². The largest absolute Gasteiger partial charge is 0.319 e. The second kappa shape index (κ2) is 7.25. The lowest BCUT2D eigenvalue weighted by molar-refractivity contribution is 0.437. The van der Waals surface area contributed by atoms with Gasteiger partial charge in [-0.05, 0) is 19.9 Å². The number of thiazole rings is 1. The maximum atomic E-state index is 4.75. The fraction of sp³-hybridized carbons (Fsp3) is 0.750. The summed E-state index contributed by atoms with van der Waals surface area (Å²) in [6, 6.07) is 0. The van der Waals surface area contributed by atoms with Gasteiger partial charge in [0, 0.05) is 24.3 Å². The van der Waals surface area contributed by atoms with E-state index in [1.165, 1.54) is 42.8 Å². The Bertz CT molecular complexity index is 295. The van der Waals surface area contributed by atoms with Gasteiger partial charge in [0.25, 0.3) is 0 Å². The predicted octanol–water partition coefficient (Wildman–Crippen LogP) is 3.37. The summed E-state index contributed by atoms with van der Waals surface area (Å²) in [5.74, 6) is 0.762. The van der Waals surface area contributed by atoms with Gasteiger partial charge in [-0.3, -0.25) is 0 Å². The van der Waals surface area contributed by atoms with E-state index < -0.39 is 0 Å². The summed E-state index contributed by atoms with van der Waals surface area (Å²) >= 11 is 1.83. The molecule has 1 N–H and O–H groups in total. The van der Waals surface area contributed by atoms with E-state index in [-0.39, 0.29) is 12.4 Å². The highest BCUT2D eigenvalue weighted by Crippen LogP contribution is 2.32. The van der Waals surface area contributed by atoms with Crippen molar-refractivity contribution in [3.8, 4) is 0 Å². The summed E-state index contributed by atoms with van der Waals surface area (Å²) in [5.41, 5.74) is 1.37. The monoisotopic (exact) mass is 260 g/mol. The van der Waals surface area contributed by atoms with E-state index in [0.29, 0.717) is 0 Å². The Balaban J connectivity index is 0.00000128. The SMILES string of the molecule is CNCCc1nc(C2CCCCC2)cs1.Cl. The molecule has 0 spiro atoms. The van der Waals surface area contributed by atoms with Crippen LogP contribution < -0.4 is 5.32 Å². The Morgan fingerprint density at radius 3 is 2.81 bits per heavy atom. The summed E-state index contributed by atoms with van der Waals surface area (Å²) in [6.07, 6.45) is 8.01. The first-order valence-electron chi connectivity index (χ1n) is 5.99. The smallest absolute Gasteiger partial charge is 0.0941 e. The molecule has 2 rings (SSSR count). The van der Waals surface area contributed by atoms with Crippen LogP contribution in [0.3, 0.4) is 0 Å². The quantitative estimate of drug-likeness (QED) is 0.898. The Morgan fingerprint density at radius 2 is 2.12 bits per heavy atom. The molecule has 1 fully saturated rings. The summed E-state index contributed by atoms with van der Waals surface area (Å²) in [4.78, 5) is 4.75. The van der Waals surface area contributed by atoms with Crippen molar-refractivity contribution in [1.82, 2.24) is 10.3 Å². The van der Waals surface area contributed by atoms with Crippen LogP contribution in [0.25, 0.3) is 0 Å². The number of likely N-dealkylation sites (N-methyl/N-ethyl adjacent to an activating group) is 1. The summed E-state index contributed by atoms with van der Waals surface area (Å²) in [5, 5.41) is 6.75. The molecular weight excluding hydrogens is 240 g/mol. The molecule has 1 aromatic rings. The third kappa shape index (κ3) is 3.72. The Kier molecular flexibility index (Phi) is 6.32. The second-order valence-corrected chi connectivity index (χ2v) is 5.30. The van der Waals surface area contributed by atoms with Gasteiger partial charge in [-0.25, -0.2) is 4.98 Å². The molecule has 4 heteroatoms. The zero-order valence-corrected chi connectivity index (χ0v) is 11.5. The molecule has 0 aliphatic heterocycles. The van der Waals surface area contributed by atoms with E-state index >= 15 is 0 Å². The third-order valence-corrected chi connectivity index (χ3v) is 4.11. The standard InChI is InChI=1S/C12H20N2S.ClH/c1-13-8-7-12-14-11(9-15-12)10-5-3-2-4-6-10;/h9-10,13H,2-8H2,1H3;1H. The molecule has 1 heterocycles. The molecule has 0 unspecified atom stereocenters. The molecule has 1 aliphatic rings. The van der Waals surface area contributed by atoms with Crippen molar-refractivity contribution < 1.29 is 0 Å². The second-order valence-electron chi connectivity index (χ2n) is 4.35. The topological polar surface area (TPSA) is 24.9 Å². The first kappa shape index (κ1) is 13.9. The number of hydrogen-bond donors (Lipinski definition) is 1. The minimum atomic E-state index is 0. The first-order chi connectivity index (χ1) is 7.40. The van der Waals surface area contributed by atoms with Gasteiger partial charge in [-0.1, -0.05) is 19.3 Å². The van der Waals surface area contributed by atoms with Crippen LogP contribution in [0.5, 0.6) is 0 Å². The van der Waals surface area contributed by atoms with Crippen LogP contribution in [0.2, 0.25) is 0 Å². The van der Waals surface area contributed by atoms with Crippen LogP contribution in [0, 0.1) is 0 Å². The van der Waals surface area contributed by atoms with Gasteiger partial charge in [0.1, 0.15) is 0 Å². The minimum Gasteiger partial charge on any atom is -0.319 e. The average molecular weight is 261 g/mol. The number of nitrogens with one attached hydrogen (secondary N) is 1. The Labute approximate surface area is 108 Å². The summed E-state index contributed by atoms with van der Waals surface area (Å²) < 4.78 is 0. The van der Waals surface area contributed by atoms with Crippen molar-refractivity contribution >= 4 is 23.7 Å². The minimum absolute atomic E-state index is 0. The lowest BCUT2D eigenvalue weighted by Crippen LogP contribution is -2.10. The van der Waals surface area contributed by atoms with Crippen LogP contribution in [0.15, 0.2) is 5.38 Å². The molecule has 1 saturated carbocycles. The first-order valence-corrected chi connectivity index (χ1v) is 6.87. The molecule has 2 nitrogen and oxygen atoms in total. The van der Waals surface area contributed by atoms with Crippen LogP contribution in [-0.2, 0) is 6.42 Å². The third-order valence-electron chi connectivity index (χ3n) is 3.18. The van der Waals surface area contributed by atoms with Crippen LogP contribution >= 0.6 is 23.7 Å². The van der Waals surface area contributed by atoms with Crippen molar-refractivity contribution in [2.75, 3.05) is 13.6 Å². The molecular formula is C12H21ClN2S. The van der Waals surface area contributed by atoms with Gasteiger partial charge in [-0.2, -0.15) is 0 Å². The zero-order valence-electron chi connectivity index (χ0n) is 9.87. The van der Waals surface area contributed by atoms with Gasteiger partial charge in [0.2, 0.25) is 0 Å². The molecule has 0 amide bonds. The molecule has 0 saturated heterocycles. The van der Waals surface area contributed by atoms with E-state index in [4.69, 9.17) is 4.98 Å². The number of aromatic nitrogens is 1. The van der Waals surface area contributed by atoms with Gasteiger partial charge >= 0.3 is 0 Å². The Hall–Kier alpha value is -0.120. The van der Waals surface area contributed by atoms with Crippen LogP contribution in [-0.4, -0.2) is 18.6 Å². The maximum absolute atomic E-state index is 4.75. The molecule has 0 atom stereocenters. The van der Waals surface area contributed by atoms with Crippen LogP contribution in [0.4, 0.5) is 0 Å². The Morgan fingerprint density at radius 1 is 1.38 bits per heavy atom. The highest BCUT2D eigenvalue weighted by Gasteiger charge is 2.17. The summed E-state index contributed by atoms with van der Waals surface area (Å²) in [7, 11) is 2.00. The van der Waals surface area contributed by atoms with Gasteiger partial charge in [-0.15, -0.1) is 23.7 Å². The highest BCUT2D eigenvalue weighted by molar-refractivity contribution is 7.09. The van der Waals surface area contributed by atoms with Crippen molar-refractivity contribution in [3.63, 3.8) is 0 Å². The van der Waals surface area contributed by atoms with E-state index in [0.717, 1.165) is 18.9 Å². The maximum Gasteiger partial charge on any atom is 0.0941 e. The van der Waals surface area contributed by atoms with Gasteiger partial charge in [0.15, 0.2) is 0 Å². The number of hydrogen-bond acceptors (Lipinski definition) is 3. The average Bonchev–Trinajstić information content (AvgIpc) is 2.76. The molecule has 92 valence electrons. The molecule has 1 aromatic heterocycles. The molecule has 0 aromatic carbocycles. The number of rotatable bonds is 4. The summed E-state index contributed by atoms with van der Waals surface area (Å²) in [6.45, 7) is 1.04. The fourth-order valence-electron chi connectivity index (χ4n) is 2.26. The molecule has 0 radical (unpaired) electrons. The van der Waals surface area contributed by atoms with E-state index in [9.17, 15) is 0 Å². The van der Waals surface area contributed by atoms with E-state index in [1.807, 2.05) is 18.4 Å². The molecule has 0 bridgehead atoms. The number of halogens is 1. The number of nitrogens with zero attached hydrogens (tertiary/aromatic N) is 1. The van der Waals surface area contributed by atoms with Gasteiger partial charge < -0.3 is 5.32 Å². The molecule has 1 aliphatic carbocycles. The highest BCUT2D eigenvalue weighted by atomic mass is 35.5. The normalized spacial score (nSPS) is 17.1. The van der Waals surface area contributed by atoms with Gasteiger partial charge in [0.05, 0.1) is 10.7 Å². The van der Waals surface area contributed by atoms with Crippen molar-refractivity contribution in [1.29, 1.82) is 0 Å².